The van der Waals surface area contributed by atoms with Gasteiger partial charge in [-0.25, -0.2) is 0 Å². The van der Waals surface area contributed by atoms with Crippen molar-refractivity contribution in [3.63, 3.8) is 0 Å². The van der Waals surface area contributed by atoms with Gasteiger partial charge >= 0.3 is 5.97 Å². The highest BCUT2D eigenvalue weighted by Gasteiger charge is 2.23. The van der Waals surface area contributed by atoms with Crippen LogP contribution in [-0.2, 0) is 14.3 Å². The summed E-state index contributed by atoms with van der Waals surface area (Å²) in [6.07, 6.45) is 3.28. The molecule has 0 aromatic rings. The van der Waals surface area contributed by atoms with E-state index in [0.29, 0.717) is 0 Å². The maximum absolute atomic E-state index is 11.6. The van der Waals surface area contributed by atoms with Crippen LogP contribution in [0.1, 0.15) is 33.1 Å². The van der Waals surface area contributed by atoms with Crippen molar-refractivity contribution in [2.45, 2.75) is 39.2 Å². The number of amides is 1. The Hall–Kier alpha value is -1.06. The van der Waals surface area contributed by atoms with Gasteiger partial charge in [-0.2, -0.15) is 0 Å². The average molecular weight is 199 g/mol. The minimum absolute atomic E-state index is 0.0765. The van der Waals surface area contributed by atoms with Gasteiger partial charge in [-0.05, 0) is 26.2 Å². The topological polar surface area (TPSA) is 46.6 Å². The molecule has 1 unspecified atom stereocenters. The largest absolute Gasteiger partial charge is 0.456 e. The first-order chi connectivity index (χ1) is 6.61. The predicted molar refractivity (Wildman–Crippen MR) is 51.7 cm³/mol. The van der Waals surface area contributed by atoms with Gasteiger partial charge in [0.2, 0.25) is 0 Å². The normalized spacial score (nSPS) is 21.9. The number of hydrogen-bond acceptors (Lipinski definition) is 3. The summed E-state index contributed by atoms with van der Waals surface area (Å²) in [5.41, 5.74) is 0. The predicted octanol–water partition coefficient (Wildman–Crippen LogP) is 0.950. The summed E-state index contributed by atoms with van der Waals surface area (Å²) in [6.45, 7) is 4.03. The molecule has 0 aromatic carbocycles. The molecule has 0 spiro atoms. The lowest BCUT2D eigenvalue weighted by atomic mass is 10.0. The van der Waals surface area contributed by atoms with Gasteiger partial charge < -0.3 is 9.64 Å². The first-order valence-electron chi connectivity index (χ1n) is 5.04. The molecule has 0 bridgehead atoms. The quantitative estimate of drug-likeness (QED) is 0.622. The van der Waals surface area contributed by atoms with Gasteiger partial charge in [-0.3, -0.25) is 9.59 Å². The van der Waals surface area contributed by atoms with Crippen molar-refractivity contribution >= 4 is 11.9 Å². The maximum atomic E-state index is 11.6. The van der Waals surface area contributed by atoms with Crippen molar-refractivity contribution in [3.05, 3.63) is 0 Å². The molecule has 0 saturated carbocycles. The first-order valence-corrected chi connectivity index (χ1v) is 5.04. The fourth-order valence-corrected chi connectivity index (χ4v) is 1.71. The van der Waals surface area contributed by atoms with Crippen LogP contribution in [0.25, 0.3) is 0 Å². The molecule has 1 atom stereocenters. The zero-order valence-electron chi connectivity index (χ0n) is 8.78. The van der Waals surface area contributed by atoms with Gasteiger partial charge in [0.05, 0.1) is 0 Å². The summed E-state index contributed by atoms with van der Waals surface area (Å²) in [5.74, 6) is -0.476. The molecule has 1 aliphatic rings. The Balaban J connectivity index is 2.38. The number of carbonyl (C=O) groups excluding carboxylic acids is 2. The van der Waals surface area contributed by atoms with Crippen molar-refractivity contribution in [3.8, 4) is 0 Å². The minimum atomic E-state index is -0.400. The third-order valence-electron chi connectivity index (χ3n) is 2.52. The molecule has 1 saturated heterocycles. The standard InChI is InChI=1S/C10H17NO3/c1-8-5-3-4-6-11(8)10(13)7-14-9(2)12/h8H,3-7H2,1-2H3. The SMILES string of the molecule is CC(=O)OCC(=O)N1CCCCC1C. The summed E-state index contributed by atoms with van der Waals surface area (Å²) in [6, 6.07) is 0.284. The van der Waals surface area contributed by atoms with Gasteiger partial charge in [0.25, 0.3) is 5.91 Å². The number of likely N-dealkylation sites (tertiary alicyclic amines) is 1. The molecule has 80 valence electrons. The molecule has 4 heteroatoms. The van der Waals surface area contributed by atoms with Crippen LogP contribution in [0, 0.1) is 0 Å². The molecule has 1 fully saturated rings. The molecule has 1 rings (SSSR count). The Morgan fingerprint density at radius 1 is 1.43 bits per heavy atom. The van der Waals surface area contributed by atoms with E-state index in [9.17, 15) is 9.59 Å². The van der Waals surface area contributed by atoms with Gasteiger partial charge in [0.1, 0.15) is 0 Å². The van der Waals surface area contributed by atoms with Gasteiger partial charge in [0, 0.05) is 19.5 Å². The molecule has 4 nitrogen and oxygen atoms in total. The Morgan fingerprint density at radius 2 is 2.14 bits per heavy atom. The summed E-state index contributed by atoms with van der Waals surface area (Å²) in [5, 5.41) is 0. The van der Waals surface area contributed by atoms with Crippen molar-refractivity contribution in [2.75, 3.05) is 13.2 Å². The van der Waals surface area contributed by atoms with Crippen LogP contribution in [0.3, 0.4) is 0 Å². The Kier molecular flexibility index (Phi) is 3.92. The second-order valence-electron chi connectivity index (χ2n) is 3.71. The molecule has 14 heavy (non-hydrogen) atoms. The van der Waals surface area contributed by atoms with Crippen LogP contribution in [0.2, 0.25) is 0 Å². The molecule has 0 N–H and O–H groups in total. The molecule has 0 aliphatic carbocycles. The van der Waals surface area contributed by atoms with E-state index in [0.717, 1.165) is 19.4 Å². The number of rotatable bonds is 2. The van der Waals surface area contributed by atoms with E-state index in [1.165, 1.54) is 13.3 Å². The zero-order chi connectivity index (χ0) is 10.6. The van der Waals surface area contributed by atoms with E-state index in [1.807, 2.05) is 6.92 Å². The lowest BCUT2D eigenvalue weighted by Crippen LogP contribution is -2.44. The lowest BCUT2D eigenvalue weighted by Gasteiger charge is -2.33. The fourth-order valence-electron chi connectivity index (χ4n) is 1.71. The fraction of sp³-hybridized carbons (Fsp3) is 0.800. The van der Waals surface area contributed by atoms with Crippen LogP contribution >= 0.6 is 0 Å². The minimum Gasteiger partial charge on any atom is -0.456 e. The van der Waals surface area contributed by atoms with Crippen LogP contribution in [0.4, 0.5) is 0 Å². The first kappa shape index (κ1) is 11.0. The molecule has 0 aromatic heterocycles. The number of esters is 1. The second kappa shape index (κ2) is 4.98. The van der Waals surface area contributed by atoms with Crippen LogP contribution in [0.5, 0.6) is 0 Å². The van der Waals surface area contributed by atoms with E-state index < -0.39 is 5.97 Å². The molecular formula is C10H17NO3. The third-order valence-corrected chi connectivity index (χ3v) is 2.52. The average Bonchev–Trinajstić information content (AvgIpc) is 2.15. The number of nitrogens with zero attached hydrogens (tertiary/aromatic N) is 1. The highest BCUT2D eigenvalue weighted by Crippen LogP contribution is 2.16. The summed E-state index contributed by atoms with van der Waals surface area (Å²) in [7, 11) is 0. The molecule has 1 aliphatic heterocycles. The molecular weight excluding hydrogens is 182 g/mol. The number of hydrogen-bond donors (Lipinski definition) is 0. The number of piperidine rings is 1. The van der Waals surface area contributed by atoms with Crippen LogP contribution in [0.15, 0.2) is 0 Å². The zero-order valence-corrected chi connectivity index (χ0v) is 8.78. The van der Waals surface area contributed by atoms with Gasteiger partial charge in [-0.15, -0.1) is 0 Å². The summed E-state index contributed by atoms with van der Waals surface area (Å²) >= 11 is 0. The molecule has 1 heterocycles. The lowest BCUT2D eigenvalue weighted by molar-refractivity contribution is -0.151. The smallest absolute Gasteiger partial charge is 0.303 e. The van der Waals surface area contributed by atoms with Crippen LogP contribution < -0.4 is 0 Å². The van der Waals surface area contributed by atoms with Crippen molar-refractivity contribution < 1.29 is 14.3 Å². The van der Waals surface area contributed by atoms with Crippen molar-refractivity contribution in [2.24, 2.45) is 0 Å². The van der Waals surface area contributed by atoms with Crippen molar-refractivity contribution in [1.82, 2.24) is 4.90 Å². The highest BCUT2D eigenvalue weighted by atomic mass is 16.5. The molecule has 0 radical (unpaired) electrons. The van der Waals surface area contributed by atoms with E-state index in [4.69, 9.17) is 0 Å². The van der Waals surface area contributed by atoms with Crippen LogP contribution in [-0.4, -0.2) is 36.0 Å². The Morgan fingerprint density at radius 3 is 2.71 bits per heavy atom. The monoisotopic (exact) mass is 199 g/mol. The Labute approximate surface area is 84.2 Å². The van der Waals surface area contributed by atoms with Gasteiger partial charge in [0.15, 0.2) is 6.61 Å². The number of carbonyl (C=O) groups is 2. The third kappa shape index (κ3) is 3.01. The maximum Gasteiger partial charge on any atom is 0.303 e. The van der Waals surface area contributed by atoms with E-state index in [2.05, 4.69) is 4.74 Å². The summed E-state index contributed by atoms with van der Waals surface area (Å²) < 4.78 is 4.68. The second-order valence-corrected chi connectivity index (χ2v) is 3.71. The Bertz CT molecular complexity index is 227. The number of ether oxygens (including phenoxy) is 1. The van der Waals surface area contributed by atoms with Crippen molar-refractivity contribution in [1.29, 1.82) is 0 Å². The summed E-state index contributed by atoms with van der Waals surface area (Å²) in [4.78, 5) is 23.9. The van der Waals surface area contributed by atoms with E-state index in [-0.39, 0.29) is 18.6 Å². The van der Waals surface area contributed by atoms with E-state index >= 15 is 0 Å². The highest BCUT2D eigenvalue weighted by molar-refractivity contribution is 5.80. The molecule has 1 amide bonds. The van der Waals surface area contributed by atoms with Gasteiger partial charge in [-0.1, -0.05) is 0 Å². The van der Waals surface area contributed by atoms with E-state index in [1.54, 1.807) is 4.90 Å².